The average molecular weight is 154 g/mol. The van der Waals surface area contributed by atoms with Gasteiger partial charge in [-0.2, -0.15) is 0 Å². The Morgan fingerprint density at radius 3 is 2.91 bits per heavy atom. The fourth-order valence-corrected chi connectivity index (χ4v) is 0.659. The zero-order valence-corrected chi connectivity index (χ0v) is 6.46. The van der Waals surface area contributed by atoms with Crippen LogP contribution < -0.4 is 11.0 Å². The molecular formula is C6H10N4O. The normalized spacial score (nSPS) is 10.1. The zero-order chi connectivity index (χ0) is 8.27. The van der Waals surface area contributed by atoms with Crippen LogP contribution in [0.3, 0.4) is 0 Å². The van der Waals surface area contributed by atoms with E-state index >= 15 is 0 Å². The first-order valence-electron chi connectivity index (χ1n) is 3.17. The van der Waals surface area contributed by atoms with Gasteiger partial charge in [-0.05, 0) is 0 Å². The highest BCUT2D eigenvalue weighted by Gasteiger charge is 1.93. The maximum atomic E-state index is 10.7. The van der Waals surface area contributed by atoms with Crippen molar-refractivity contribution < 1.29 is 0 Å². The van der Waals surface area contributed by atoms with Crippen LogP contribution >= 0.6 is 0 Å². The molecule has 1 aromatic heterocycles. The lowest BCUT2D eigenvalue weighted by Gasteiger charge is -2.10. The SMILES string of the molecule is CN(C)Nc1cc(=O)[nH]cn1. The summed E-state index contributed by atoms with van der Waals surface area (Å²) in [5, 5.41) is 1.71. The lowest BCUT2D eigenvalue weighted by atomic mass is 10.6. The predicted octanol–water partition coefficient (Wildman–Crippen LogP) is -0.342. The molecule has 0 spiro atoms. The Hall–Kier alpha value is -1.36. The van der Waals surface area contributed by atoms with E-state index in [0.29, 0.717) is 5.82 Å². The Morgan fingerprint density at radius 1 is 1.64 bits per heavy atom. The molecule has 0 aliphatic rings. The van der Waals surface area contributed by atoms with Gasteiger partial charge in [-0.15, -0.1) is 0 Å². The minimum absolute atomic E-state index is 0.163. The molecule has 0 aliphatic heterocycles. The van der Waals surface area contributed by atoms with Gasteiger partial charge in [-0.3, -0.25) is 4.79 Å². The van der Waals surface area contributed by atoms with E-state index in [4.69, 9.17) is 0 Å². The fraction of sp³-hybridized carbons (Fsp3) is 0.333. The van der Waals surface area contributed by atoms with Crippen LogP contribution in [0.5, 0.6) is 0 Å². The molecule has 0 radical (unpaired) electrons. The van der Waals surface area contributed by atoms with E-state index in [1.165, 1.54) is 12.4 Å². The first kappa shape index (κ1) is 7.74. The van der Waals surface area contributed by atoms with E-state index in [-0.39, 0.29) is 5.56 Å². The smallest absolute Gasteiger partial charge is 0.252 e. The van der Waals surface area contributed by atoms with Crippen molar-refractivity contribution in [2.45, 2.75) is 0 Å². The highest BCUT2D eigenvalue weighted by molar-refractivity contribution is 5.29. The van der Waals surface area contributed by atoms with Gasteiger partial charge in [-0.1, -0.05) is 0 Å². The second-order valence-corrected chi connectivity index (χ2v) is 2.30. The second-order valence-electron chi connectivity index (χ2n) is 2.30. The molecule has 0 saturated heterocycles. The number of anilines is 1. The summed E-state index contributed by atoms with van der Waals surface area (Å²) < 4.78 is 0. The number of aromatic nitrogens is 2. The molecule has 0 aromatic carbocycles. The number of hydrogen-bond donors (Lipinski definition) is 2. The molecule has 5 nitrogen and oxygen atoms in total. The van der Waals surface area contributed by atoms with Gasteiger partial charge in [0.15, 0.2) is 0 Å². The molecule has 0 bridgehead atoms. The van der Waals surface area contributed by atoms with E-state index in [9.17, 15) is 4.79 Å². The zero-order valence-electron chi connectivity index (χ0n) is 6.46. The van der Waals surface area contributed by atoms with Crippen molar-refractivity contribution in [3.8, 4) is 0 Å². The van der Waals surface area contributed by atoms with Crippen molar-refractivity contribution in [2.24, 2.45) is 0 Å². The summed E-state index contributed by atoms with van der Waals surface area (Å²) in [6.45, 7) is 0. The molecule has 0 fully saturated rings. The lowest BCUT2D eigenvalue weighted by Crippen LogP contribution is -2.21. The lowest BCUT2D eigenvalue weighted by molar-refractivity contribution is 0.492. The molecule has 0 amide bonds. The van der Waals surface area contributed by atoms with Crippen molar-refractivity contribution in [2.75, 3.05) is 19.5 Å². The van der Waals surface area contributed by atoms with Crippen LogP contribution in [-0.4, -0.2) is 29.1 Å². The number of H-pyrrole nitrogens is 1. The van der Waals surface area contributed by atoms with Crippen molar-refractivity contribution in [1.82, 2.24) is 15.0 Å². The standard InChI is InChI=1S/C6H10N4O/c1-10(2)9-5-3-6(11)8-4-7-5/h3-4H,1-2H3,(H2,7,8,9,11). The molecule has 11 heavy (non-hydrogen) atoms. The van der Waals surface area contributed by atoms with Crippen molar-refractivity contribution in [1.29, 1.82) is 0 Å². The number of nitrogens with one attached hydrogen (secondary N) is 2. The molecule has 0 atom stereocenters. The van der Waals surface area contributed by atoms with E-state index in [1.54, 1.807) is 5.01 Å². The summed E-state index contributed by atoms with van der Waals surface area (Å²) in [5.74, 6) is 0.541. The summed E-state index contributed by atoms with van der Waals surface area (Å²) in [7, 11) is 3.64. The van der Waals surface area contributed by atoms with Crippen LogP contribution in [0.15, 0.2) is 17.2 Å². The van der Waals surface area contributed by atoms with Crippen molar-refractivity contribution >= 4 is 5.82 Å². The Labute approximate surface area is 64.0 Å². The minimum Gasteiger partial charge on any atom is -0.313 e. The third-order valence-electron chi connectivity index (χ3n) is 1.02. The number of rotatable bonds is 2. The second kappa shape index (κ2) is 3.16. The third-order valence-corrected chi connectivity index (χ3v) is 1.02. The molecule has 1 heterocycles. The first-order chi connectivity index (χ1) is 5.18. The van der Waals surface area contributed by atoms with E-state index in [1.807, 2.05) is 14.1 Å². The summed E-state index contributed by atoms with van der Waals surface area (Å²) in [4.78, 5) is 17.0. The number of aromatic amines is 1. The maximum Gasteiger partial charge on any atom is 0.252 e. The van der Waals surface area contributed by atoms with Crippen LogP contribution in [0.4, 0.5) is 5.82 Å². The van der Waals surface area contributed by atoms with Crippen LogP contribution in [0.25, 0.3) is 0 Å². The quantitative estimate of drug-likeness (QED) is 0.572. The third kappa shape index (κ3) is 2.38. The summed E-state index contributed by atoms with van der Waals surface area (Å²) >= 11 is 0. The van der Waals surface area contributed by atoms with Crippen LogP contribution in [-0.2, 0) is 0 Å². The Bertz CT molecular complexity index is 280. The highest BCUT2D eigenvalue weighted by atomic mass is 16.1. The minimum atomic E-state index is -0.163. The summed E-state index contributed by atoms with van der Waals surface area (Å²) in [6.07, 6.45) is 1.36. The van der Waals surface area contributed by atoms with Crippen LogP contribution in [0.2, 0.25) is 0 Å². The molecular weight excluding hydrogens is 144 g/mol. The van der Waals surface area contributed by atoms with Gasteiger partial charge in [0.05, 0.1) is 6.33 Å². The average Bonchev–Trinajstić information content (AvgIpc) is 1.85. The molecule has 60 valence electrons. The molecule has 0 unspecified atom stereocenters. The topological polar surface area (TPSA) is 61.0 Å². The van der Waals surface area contributed by atoms with Crippen molar-refractivity contribution in [3.05, 3.63) is 22.7 Å². The Kier molecular flexibility index (Phi) is 2.22. The molecule has 5 heteroatoms. The summed E-state index contributed by atoms with van der Waals surface area (Å²) in [6, 6.07) is 1.39. The Balaban J connectivity index is 2.80. The van der Waals surface area contributed by atoms with E-state index in [0.717, 1.165) is 0 Å². The molecule has 0 aliphatic carbocycles. The Morgan fingerprint density at radius 2 is 2.36 bits per heavy atom. The largest absolute Gasteiger partial charge is 0.313 e. The summed E-state index contributed by atoms with van der Waals surface area (Å²) in [5.41, 5.74) is 2.69. The maximum absolute atomic E-state index is 10.7. The van der Waals surface area contributed by atoms with Gasteiger partial charge in [0.2, 0.25) is 0 Å². The van der Waals surface area contributed by atoms with Gasteiger partial charge >= 0.3 is 0 Å². The molecule has 2 N–H and O–H groups in total. The highest BCUT2D eigenvalue weighted by Crippen LogP contribution is 1.93. The fourth-order valence-electron chi connectivity index (χ4n) is 0.659. The molecule has 1 rings (SSSR count). The predicted molar refractivity (Wildman–Crippen MR) is 42.2 cm³/mol. The van der Waals surface area contributed by atoms with Crippen molar-refractivity contribution in [3.63, 3.8) is 0 Å². The van der Waals surface area contributed by atoms with E-state index in [2.05, 4.69) is 15.4 Å². The van der Waals surface area contributed by atoms with Gasteiger partial charge in [0.1, 0.15) is 5.82 Å². The number of hydrazine groups is 1. The number of nitrogens with zero attached hydrogens (tertiary/aromatic N) is 2. The first-order valence-corrected chi connectivity index (χ1v) is 3.17. The monoisotopic (exact) mass is 154 g/mol. The molecule has 0 saturated carbocycles. The van der Waals surface area contributed by atoms with E-state index < -0.39 is 0 Å². The number of hydrogen-bond acceptors (Lipinski definition) is 4. The van der Waals surface area contributed by atoms with Crippen LogP contribution in [0, 0.1) is 0 Å². The van der Waals surface area contributed by atoms with Crippen LogP contribution in [0.1, 0.15) is 0 Å². The van der Waals surface area contributed by atoms with Gasteiger partial charge < -0.3 is 10.4 Å². The van der Waals surface area contributed by atoms with Gasteiger partial charge in [0.25, 0.3) is 5.56 Å². The molecule has 1 aromatic rings. The van der Waals surface area contributed by atoms with Gasteiger partial charge in [0, 0.05) is 20.2 Å². The van der Waals surface area contributed by atoms with Gasteiger partial charge in [-0.25, -0.2) is 9.99 Å².